The van der Waals surface area contributed by atoms with Crippen molar-refractivity contribution in [1.29, 1.82) is 0 Å². The Morgan fingerprint density at radius 2 is 2.00 bits per heavy atom. The monoisotopic (exact) mass is 537 g/mol. The van der Waals surface area contributed by atoms with Crippen LogP contribution in [-0.4, -0.2) is 82.2 Å². The van der Waals surface area contributed by atoms with E-state index in [1.165, 1.54) is 29.2 Å². The topological polar surface area (TPSA) is 127 Å². The normalized spacial score (nSPS) is 11.2. The highest BCUT2D eigenvalue weighted by Crippen LogP contribution is 2.26. The largest absolute Gasteiger partial charge is 0.493 e. The van der Waals surface area contributed by atoms with Gasteiger partial charge in [0.25, 0.3) is 0 Å². The fourth-order valence-electron chi connectivity index (χ4n) is 3.97. The number of carbonyl (C=O) groups excluding carboxylic acids is 1. The maximum atomic E-state index is 13.3. The van der Waals surface area contributed by atoms with Crippen molar-refractivity contribution in [3.8, 4) is 5.75 Å². The minimum atomic E-state index is -0.423. The van der Waals surface area contributed by atoms with E-state index in [0.29, 0.717) is 48.2 Å². The summed E-state index contributed by atoms with van der Waals surface area (Å²) < 4.78 is 25.9. The number of hydrogen-bond donors (Lipinski definition) is 3. The number of aromatic nitrogens is 4. The van der Waals surface area contributed by atoms with Gasteiger partial charge in [-0.15, -0.1) is 0 Å². The second-order valence-corrected chi connectivity index (χ2v) is 8.77. The molecule has 0 saturated carbocycles. The number of anilines is 3. The Hall–Kier alpha value is -4.13. The quantitative estimate of drug-likeness (QED) is 0.196. The van der Waals surface area contributed by atoms with Gasteiger partial charge in [-0.25, -0.2) is 14.4 Å². The van der Waals surface area contributed by atoms with Crippen molar-refractivity contribution in [3.05, 3.63) is 67.0 Å². The molecule has 2 heterocycles. The average Bonchev–Trinajstić information content (AvgIpc) is 3.36. The highest BCUT2D eigenvalue weighted by Gasteiger charge is 2.10. The summed E-state index contributed by atoms with van der Waals surface area (Å²) in [5, 5.41) is 20.1. The number of amides is 1. The molecule has 1 amide bonds. The SMILES string of the molecule is COCCN(CCO)CCCOc1ccc2c(Nc3cnn(CC(=O)Nc4cccc(F)c4)c3)ncnc2c1. The Bertz CT molecular complexity index is 1370. The summed E-state index contributed by atoms with van der Waals surface area (Å²) in [6.45, 7) is 3.39. The van der Waals surface area contributed by atoms with E-state index in [4.69, 9.17) is 9.47 Å². The lowest BCUT2D eigenvalue weighted by Crippen LogP contribution is -2.32. The Labute approximate surface area is 225 Å². The van der Waals surface area contributed by atoms with Crippen LogP contribution in [0.4, 0.5) is 21.6 Å². The first-order valence-corrected chi connectivity index (χ1v) is 12.6. The van der Waals surface area contributed by atoms with Crippen LogP contribution in [0.1, 0.15) is 6.42 Å². The number of fused-ring (bicyclic) bond motifs is 1. The third-order valence-corrected chi connectivity index (χ3v) is 5.83. The molecule has 206 valence electrons. The summed E-state index contributed by atoms with van der Waals surface area (Å²) in [7, 11) is 1.66. The zero-order valence-corrected chi connectivity index (χ0v) is 21.7. The zero-order chi connectivity index (χ0) is 27.5. The fraction of sp³-hybridized carbons (Fsp3) is 0.333. The zero-order valence-electron chi connectivity index (χ0n) is 21.7. The smallest absolute Gasteiger partial charge is 0.246 e. The number of aliphatic hydroxyl groups excluding tert-OH is 1. The van der Waals surface area contributed by atoms with Crippen LogP contribution < -0.4 is 15.4 Å². The second-order valence-electron chi connectivity index (χ2n) is 8.77. The highest BCUT2D eigenvalue weighted by molar-refractivity contribution is 5.92. The van der Waals surface area contributed by atoms with Crippen molar-refractivity contribution in [2.45, 2.75) is 13.0 Å². The van der Waals surface area contributed by atoms with Crippen LogP contribution in [-0.2, 0) is 16.1 Å². The van der Waals surface area contributed by atoms with Gasteiger partial charge >= 0.3 is 0 Å². The maximum Gasteiger partial charge on any atom is 0.246 e. The van der Waals surface area contributed by atoms with Gasteiger partial charge in [0.1, 0.15) is 30.3 Å². The van der Waals surface area contributed by atoms with Gasteiger partial charge in [0.15, 0.2) is 0 Å². The van der Waals surface area contributed by atoms with Gasteiger partial charge in [0.05, 0.1) is 37.2 Å². The van der Waals surface area contributed by atoms with Gasteiger partial charge in [-0.3, -0.25) is 14.4 Å². The lowest BCUT2D eigenvalue weighted by Gasteiger charge is -2.20. The maximum absolute atomic E-state index is 13.3. The van der Waals surface area contributed by atoms with Gasteiger partial charge in [-0.2, -0.15) is 5.10 Å². The minimum Gasteiger partial charge on any atom is -0.493 e. The van der Waals surface area contributed by atoms with Crippen LogP contribution in [0, 0.1) is 5.82 Å². The van der Waals surface area contributed by atoms with Gasteiger partial charge in [0.2, 0.25) is 5.91 Å². The van der Waals surface area contributed by atoms with Crippen molar-refractivity contribution < 1.29 is 23.8 Å². The van der Waals surface area contributed by atoms with Crippen LogP contribution in [0.15, 0.2) is 61.2 Å². The Morgan fingerprint density at radius 3 is 2.82 bits per heavy atom. The molecule has 0 bridgehead atoms. The Morgan fingerprint density at radius 1 is 1.10 bits per heavy atom. The molecule has 0 aliphatic carbocycles. The number of hydrogen-bond acceptors (Lipinski definition) is 9. The number of halogens is 1. The van der Waals surface area contributed by atoms with Crippen molar-refractivity contribution >= 4 is 34.0 Å². The molecule has 0 spiro atoms. The number of ether oxygens (including phenoxy) is 2. The van der Waals surface area contributed by atoms with E-state index in [9.17, 15) is 14.3 Å². The number of aliphatic hydroxyl groups is 1. The molecule has 0 aliphatic heterocycles. The third kappa shape index (κ3) is 8.43. The highest BCUT2D eigenvalue weighted by atomic mass is 19.1. The first-order valence-electron chi connectivity index (χ1n) is 12.6. The number of nitrogens with one attached hydrogen (secondary N) is 2. The molecule has 11 nitrogen and oxygen atoms in total. The van der Waals surface area contributed by atoms with Gasteiger partial charge < -0.3 is 25.2 Å². The lowest BCUT2D eigenvalue weighted by atomic mass is 10.2. The van der Waals surface area contributed by atoms with Crippen molar-refractivity contribution in [1.82, 2.24) is 24.6 Å². The van der Waals surface area contributed by atoms with E-state index >= 15 is 0 Å². The number of rotatable bonds is 15. The minimum absolute atomic E-state index is 0.0342. The first-order chi connectivity index (χ1) is 19.0. The van der Waals surface area contributed by atoms with Crippen LogP contribution >= 0.6 is 0 Å². The molecular formula is C27H32FN7O4. The van der Waals surface area contributed by atoms with Crippen LogP contribution in [0.3, 0.4) is 0 Å². The summed E-state index contributed by atoms with van der Waals surface area (Å²) in [4.78, 5) is 23.2. The van der Waals surface area contributed by atoms with E-state index in [1.807, 2.05) is 18.2 Å². The molecule has 0 fully saturated rings. The molecule has 3 N–H and O–H groups in total. The molecule has 0 radical (unpaired) electrons. The predicted molar refractivity (Wildman–Crippen MR) is 146 cm³/mol. The summed E-state index contributed by atoms with van der Waals surface area (Å²) in [6.07, 6.45) is 5.55. The molecule has 4 aromatic rings. The summed E-state index contributed by atoms with van der Waals surface area (Å²) in [5.74, 6) is 0.544. The van der Waals surface area contributed by atoms with E-state index in [2.05, 4.69) is 30.6 Å². The molecule has 2 aromatic carbocycles. The van der Waals surface area contributed by atoms with E-state index in [-0.39, 0.29) is 19.1 Å². The second kappa shape index (κ2) is 14.1. The molecule has 12 heteroatoms. The number of benzene rings is 2. The molecule has 0 aliphatic rings. The molecule has 0 saturated heterocycles. The molecule has 4 rings (SSSR count). The number of nitrogens with zero attached hydrogens (tertiary/aromatic N) is 5. The Balaban J connectivity index is 1.31. The van der Waals surface area contributed by atoms with Gasteiger partial charge in [-0.05, 0) is 36.8 Å². The van der Waals surface area contributed by atoms with Gasteiger partial charge in [0, 0.05) is 50.1 Å². The van der Waals surface area contributed by atoms with Crippen LogP contribution in [0.25, 0.3) is 10.9 Å². The third-order valence-electron chi connectivity index (χ3n) is 5.83. The predicted octanol–water partition coefficient (Wildman–Crippen LogP) is 3.06. The van der Waals surface area contributed by atoms with E-state index < -0.39 is 5.82 Å². The number of carbonyl (C=O) groups is 1. The van der Waals surface area contributed by atoms with Crippen LogP contribution in [0.2, 0.25) is 0 Å². The number of methoxy groups -OCH3 is 1. The standard InChI is InChI=1S/C27H32FN7O4/c1-38-13-10-34(9-11-36)8-3-12-39-23-6-7-24-25(15-23)29-19-30-27(24)33-22-16-31-35(17-22)18-26(37)32-21-5-2-4-20(28)14-21/h2,4-7,14-17,19,36H,3,8-13,18H2,1H3,(H,32,37)(H,29,30,33). The van der Waals surface area contributed by atoms with Crippen LogP contribution in [0.5, 0.6) is 5.75 Å². The fourth-order valence-corrected chi connectivity index (χ4v) is 3.97. The molecule has 2 aromatic heterocycles. The summed E-state index contributed by atoms with van der Waals surface area (Å²) in [6, 6.07) is 11.3. The van der Waals surface area contributed by atoms with E-state index in [1.54, 1.807) is 25.6 Å². The summed E-state index contributed by atoms with van der Waals surface area (Å²) >= 11 is 0. The van der Waals surface area contributed by atoms with Gasteiger partial charge in [-0.1, -0.05) is 6.07 Å². The van der Waals surface area contributed by atoms with Crippen molar-refractivity contribution in [2.75, 3.05) is 57.2 Å². The van der Waals surface area contributed by atoms with Crippen molar-refractivity contribution in [2.24, 2.45) is 0 Å². The van der Waals surface area contributed by atoms with E-state index in [0.717, 1.165) is 24.9 Å². The average molecular weight is 538 g/mol. The Kier molecular flexibility index (Phi) is 10.1. The summed E-state index contributed by atoms with van der Waals surface area (Å²) in [5.41, 5.74) is 1.75. The molecular weight excluding hydrogens is 505 g/mol. The molecule has 0 atom stereocenters. The van der Waals surface area contributed by atoms with Crippen molar-refractivity contribution in [3.63, 3.8) is 0 Å². The first kappa shape index (κ1) is 27.9. The molecule has 39 heavy (non-hydrogen) atoms. The lowest BCUT2D eigenvalue weighted by molar-refractivity contribution is -0.116. The molecule has 0 unspecified atom stereocenters.